The third-order valence-electron chi connectivity index (χ3n) is 2.92. The van der Waals surface area contributed by atoms with Crippen molar-refractivity contribution in [3.05, 3.63) is 40.3 Å². The smallest absolute Gasteiger partial charge is 0.208 e. The van der Waals surface area contributed by atoms with Crippen LogP contribution in [0.5, 0.6) is 0 Å². The van der Waals surface area contributed by atoms with Crippen LogP contribution in [0.2, 0.25) is 0 Å². The number of nitrogens with one attached hydrogen (secondary N) is 1. The highest BCUT2D eigenvalue weighted by Gasteiger charge is 2.10. The summed E-state index contributed by atoms with van der Waals surface area (Å²) in [4.78, 5) is 4.32. The van der Waals surface area contributed by atoms with Gasteiger partial charge in [-0.2, -0.15) is 0 Å². The van der Waals surface area contributed by atoms with E-state index in [4.69, 9.17) is 4.42 Å². The minimum Gasteiger partial charge on any atom is -0.439 e. The first kappa shape index (κ1) is 14.3. The first-order valence-electron chi connectivity index (χ1n) is 6.49. The molecule has 0 bridgehead atoms. The minimum absolute atomic E-state index is 0.627. The number of rotatable bonds is 5. The zero-order chi connectivity index (χ0) is 13.8. The lowest BCUT2D eigenvalue weighted by Gasteiger charge is -2.05. The Labute approximate surface area is 122 Å². The molecule has 0 spiro atoms. The summed E-state index contributed by atoms with van der Waals surface area (Å²) in [5.74, 6) is 2.18. The summed E-state index contributed by atoms with van der Waals surface area (Å²) in [6.45, 7) is 8.06. The van der Waals surface area contributed by atoms with Crippen LogP contribution in [0.25, 0.3) is 11.3 Å². The zero-order valence-electron chi connectivity index (χ0n) is 11.5. The SMILES string of the molecule is Cc1c(Br)cccc1-c1cnc(CNCC(C)C)o1. The molecule has 0 atom stereocenters. The number of oxazole rings is 1. The molecule has 1 heterocycles. The average molecular weight is 323 g/mol. The Morgan fingerprint density at radius 3 is 2.89 bits per heavy atom. The van der Waals surface area contributed by atoms with Crippen molar-refractivity contribution >= 4 is 15.9 Å². The number of halogens is 1. The molecule has 1 aromatic carbocycles. The van der Waals surface area contributed by atoms with E-state index >= 15 is 0 Å². The Morgan fingerprint density at radius 1 is 1.37 bits per heavy atom. The number of hydrogen-bond acceptors (Lipinski definition) is 3. The first-order chi connectivity index (χ1) is 9.08. The molecule has 0 aliphatic carbocycles. The lowest BCUT2D eigenvalue weighted by Crippen LogP contribution is -2.18. The molecule has 0 amide bonds. The van der Waals surface area contributed by atoms with Crippen molar-refractivity contribution in [3.8, 4) is 11.3 Å². The van der Waals surface area contributed by atoms with Gasteiger partial charge in [0, 0.05) is 10.0 Å². The monoisotopic (exact) mass is 322 g/mol. The van der Waals surface area contributed by atoms with E-state index in [1.807, 2.05) is 18.2 Å². The molecule has 0 radical (unpaired) electrons. The standard InChI is InChI=1S/C15H19BrN2O/c1-10(2)7-17-9-15-18-8-14(19-15)12-5-4-6-13(16)11(12)3/h4-6,8,10,17H,7,9H2,1-3H3. The number of nitrogens with zero attached hydrogens (tertiary/aromatic N) is 1. The van der Waals surface area contributed by atoms with Gasteiger partial charge in [-0.3, -0.25) is 0 Å². The Balaban J connectivity index is 2.10. The molecule has 0 unspecified atom stereocenters. The molecule has 1 N–H and O–H groups in total. The third kappa shape index (κ3) is 3.67. The highest BCUT2D eigenvalue weighted by Crippen LogP contribution is 2.28. The maximum atomic E-state index is 5.79. The van der Waals surface area contributed by atoms with Crippen LogP contribution in [0.3, 0.4) is 0 Å². The van der Waals surface area contributed by atoms with Crippen LogP contribution in [0.15, 0.2) is 33.3 Å². The highest BCUT2D eigenvalue weighted by molar-refractivity contribution is 9.10. The van der Waals surface area contributed by atoms with E-state index in [0.29, 0.717) is 12.5 Å². The topological polar surface area (TPSA) is 38.1 Å². The summed E-state index contributed by atoms with van der Waals surface area (Å²) in [7, 11) is 0. The van der Waals surface area contributed by atoms with E-state index in [0.717, 1.165) is 28.2 Å². The minimum atomic E-state index is 0.627. The molecule has 1 aromatic heterocycles. The molecule has 0 aliphatic heterocycles. The fourth-order valence-corrected chi connectivity index (χ4v) is 2.22. The van der Waals surface area contributed by atoms with Crippen LogP contribution in [-0.4, -0.2) is 11.5 Å². The summed E-state index contributed by atoms with van der Waals surface area (Å²) in [6.07, 6.45) is 1.79. The van der Waals surface area contributed by atoms with Crippen LogP contribution < -0.4 is 5.32 Å². The van der Waals surface area contributed by atoms with Crippen molar-refractivity contribution < 1.29 is 4.42 Å². The van der Waals surface area contributed by atoms with E-state index in [-0.39, 0.29) is 0 Å². The Bertz CT molecular complexity index is 549. The maximum Gasteiger partial charge on any atom is 0.208 e. The van der Waals surface area contributed by atoms with E-state index in [9.17, 15) is 0 Å². The molecule has 0 aliphatic rings. The van der Waals surface area contributed by atoms with E-state index < -0.39 is 0 Å². The van der Waals surface area contributed by atoms with Crippen LogP contribution in [-0.2, 0) is 6.54 Å². The van der Waals surface area contributed by atoms with Crippen molar-refractivity contribution in [1.82, 2.24) is 10.3 Å². The fraction of sp³-hybridized carbons (Fsp3) is 0.400. The van der Waals surface area contributed by atoms with Crippen molar-refractivity contribution in [2.75, 3.05) is 6.54 Å². The molecule has 2 aromatic rings. The molecular formula is C15H19BrN2O. The van der Waals surface area contributed by atoms with Gasteiger partial charge in [0.25, 0.3) is 0 Å². The number of hydrogen-bond donors (Lipinski definition) is 1. The number of benzene rings is 1. The second-order valence-corrected chi connectivity index (χ2v) is 5.91. The second-order valence-electron chi connectivity index (χ2n) is 5.06. The fourth-order valence-electron chi connectivity index (χ4n) is 1.86. The van der Waals surface area contributed by atoms with Gasteiger partial charge in [-0.1, -0.05) is 41.9 Å². The third-order valence-corrected chi connectivity index (χ3v) is 3.77. The molecule has 0 saturated carbocycles. The van der Waals surface area contributed by atoms with Crippen LogP contribution >= 0.6 is 15.9 Å². The lowest BCUT2D eigenvalue weighted by atomic mass is 10.1. The molecule has 2 rings (SSSR count). The van der Waals surface area contributed by atoms with Crippen molar-refractivity contribution in [2.45, 2.75) is 27.3 Å². The normalized spacial score (nSPS) is 11.2. The van der Waals surface area contributed by atoms with Gasteiger partial charge in [0.05, 0.1) is 12.7 Å². The van der Waals surface area contributed by atoms with Gasteiger partial charge >= 0.3 is 0 Å². The predicted octanol–water partition coefficient (Wildman–Crippen LogP) is 4.16. The van der Waals surface area contributed by atoms with Gasteiger partial charge in [0.15, 0.2) is 5.76 Å². The van der Waals surface area contributed by atoms with E-state index in [2.05, 4.69) is 47.0 Å². The summed E-state index contributed by atoms with van der Waals surface area (Å²) in [6, 6.07) is 6.08. The quantitative estimate of drug-likeness (QED) is 0.898. The molecule has 0 fully saturated rings. The van der Waals surface area contributed by atoms with Gasteiger partial charge in [0.2, 0.25) is 5.89 Å². The van der Waals surface area contributed by atoms with Crippen LogP contribution in [0.4, 0.5) is 0 Å². The second kappa shape index (κ2) is 6.35. The zero-order valence-corrected chi connectivity index (χ0v) is 13.1. The Hall–Kier alpha value is -1.13. The Kier molecular flexibility index (Phi) is 4.77. The van der Waals surface area contributed by atoms with Gasteiger partial charge in [-0.05, 0) is 31.0 Å². The molecule has 0 saturated heterocycles. The van der Waals surface area contributed by atoms with Gasteiger partial charge in [-0.25, -0.2) is 4.98 Å². The molecule has 102 valence electrons. The molecule has 3 nitrogen and oxygen atoms in total. The number of aromatic nitrogens is 1. The molecule has 19 heavy (non-hydrogen) atoms. The van der Waals surface area contributed by atoms with Crippen LogP contribution in [0, 0.1) is 12.8 Å². The lowest BCUT2D eigenvalue weighted by molar-refractivity contribution is 0.459. The van der Waals surface area contributed by atoms with Crippen LogP contribution in [0.1, 0.15) is 25.3 Å². The Morgan fingerprint density at radius 2 is 2.16 bits per heavy atom. The van der Waals surface area contributed by atoms with Gasteiger partial charge < -0.3 is 9.73 Å². The summed E-state index contributed by atoms with van der Waals surface area (Å²) in [5, 5.41) is 3.33. The van der Waals surface area contributed by atoms with E-state index in [1.54, 1.807) is 6.20 Å². The maximum absolute atomic E-state index is 5.79. The molecule has 4 heteroatoms. The van der Waals surface area contributed by atoms with Gasteiger partial charge in [0.1, 0.15) is 0 Å². The predicted molar refractivity (Wildman–Crippen MR) is 80.9 cm³/mol. The largest absolute Gasteiger partial charge is 0.439 e. The van der Waals surface area contributed by atoms with E-state index in [1.165, 1.54) is 5.56 Å². The average Bonchev–Trinajstić information content (AvgIpc) is 2.81. The van der Waals surface area contributed by atoms with Crippen molar-refractivity contribution in [1.29, 1.82) is 0 Å². The summed E-state index contributed by atoms with van der Waals surface area (Å²) < 4.78 is 6.88. The van der Waals surface area contributed by atoms with Crippen molar-refractivity contribution in [2.24, 2.45) is 5.92 Å². The van der Waals surface area contributed by atoms with Crippen molar-refractivity contribution in [3.63, 3.8) is 0 Å². The van der Waals surface area contributed by atoms with Gasteiger partial charge in [-0.15, -0.1) is 0 Å². The summed E-state index contributed by atoms with van der Waals surface area (Å²) in [5.41, 5.74) is 2.25. The first-order valence-corrected chi connectivity index (χ1v) is 7.28. The summed E-state index contributed by atoms with van der Waals surface area (Å²) >= 11 is 3.53. The highest BCUT2D eigenvalue weighted by atomic mass is 79.9. The molecular weight excluding hydrogens is 304 g/mol.